The van der Waals surface area contributed by atoms with E-state index in [9.17, 15) is 13.2 Å². The van der Waals surface area contributed by atoms with Crippen LogP contribution in [0.3, 0.4) is 0 Å². The van der Waals surface area contributed by atoms with Crippen molar-refractivity contribution in [1.29, 1.82) is 0 Å². The van der Waals surface area contributed by atoms with E-state index in [0.29, 0.717) is 0 Å². The van der Waals surface area contributed by atoms with Crippen LogP contribution in [0.2, 0.25) is 0 Å². The highest BCUT2D eigenvalue weighted by molar-refractivity contribution is 7.92. The third-order valence-electron chi connectivity index (χ3n) is 2.18. The second-order valence-corrected chi connectivity index (χ2v) is 5.06. The van der Waals surface area contributed by atoms with Gasteiger partial charge in [-0.25, -0.2) is 13.2 Å². The Bertz CT molecular complexity index is 664. The fourth-order valence-corrected chi connectivity index (χ4v) is 2.38. The first-order valence-corrected chi connectivity index (χ1v) is 6.32. The molecule has 3 N–H and O–H groups in total. The first-order valence-electron chi connectivity index (χ1n) is 4.83. The third kappa shape index (κ3) is 2.33. The van der Waals surface area contributed by atoms with E-state index in [1.54, 1.807) is 0 Å². The SMILES string of the molecule is O=C(O)c1ccncc1NS(=O)(=O)c1cc[nH]c1. The van der Waals surface area contributed by atoms with Gasteiger partial charge in [0.05, 0.1) is 17.4 Å². The summed E-state index contributed by atoms with van der Waals surface area (Å²) in [5, 5.41) is 8.92. The predicted octanol–water partition coefficient (Wildman–Crippen LogP) is 0.909. The van der Waals surface area contributed by atoms with E-state index in [0.717, 1.165) is 6.20 Å². The summed E-state index contributed by atoms with van der Waals surface area (Å²) in [6.45, 7) is 0. The molecule has 0 fully saturated rings. The minimum Gasteiger partial charge on any atom is -0.478 e. The Balaban J connectivity index is 2.39. The Morgan fingerprint density at radius 3 is 2.78 bits per heavy atom. The molecule has 0 aromatic carbocycles. The fourth-order valence-electron chi connectivity index (χ4n) is 1.34. The predicted molar refractivity (Wildman–Crippen MR) is 62.8 cm³/mol. The molecule has 0 radical (unpaired) electrons. The second-order valence-electron chi connectivity index (χ2n) is 3.38. The zero-order valence-electron chi connectivity index (χ0n) is 8.99. The van der Waals surface area contributed by atoms with Crippen LogP contribution in [-0.4, -0.2) is 29.5 Å². The Morgan fingerprint density at radius 2 is 2.17 bits per heavy atom. The van der Waals surface area contributed by atoms with E-state index >= 15 is 0 Å². The van der Waals surface area contributed by atoms with Gasteiger partial charge in [0.1, 0.15) is 4.90 Å². The Kier molecular flexibility index (Phi) is 3.02. The maximum atomic E-state index is 11.9. The lowest BCUT2D eigenvalue weighted by molar-refractivity contribution is 0.0698. The topological polar surface area (TPSA) is 112 Å². The number of H-pyrrole nitrogens is 1. The smallest absolute Gasteiger partial charge is 0.337 e. The van der Waals surface area contributed by atoms with Crippen molar-refractivity contribution in [2.24, 2.45) is 0 Å². The van der Waals surface area contributed by atoms with Crippen LogP contribution in [0, 0.1) is 0 Å². The van der Waals surface area contributed by atoms with E-state index in [4.69, 9.17) is 5.11 Å². The minimum atomic E-state index is -3.81. The van der Waals surface area contributed by atoms with E-state index in [1.165, 1.54) is 30.7 Å². The van der Waals surface area contributed by atoms with Gasteiger partial charge >= 0.3 is 5.97 Å². The Morgan fingerprint density at radius 1 is 1.39 bits per heavy atom. The monoisotopic (exact) mass is 267 g/mol. The van der Waals surface area contributed by atoms with Crippen molar-refractivity contribution in [3.63, 3.8) is 0 Å². The van der Waals surface area contributed by atoms with Gasteiger partial charge in [0.25, 0.3) is 10.0 Å². The molecule has 2 aromatic rings. The van der Waals surface area contributed by atoms with Gasteiger partial charge in [0, 0.05) is 18.6 Å². The number of carboxylic acids is 1. The molecule has 0 amide bonds. The van der Waals surface area contributed by atoms with Crippen molar-refractivity contribution in [3.05, 3.63) is 42.5 Å². The molecule has 0 saturated heterocycles. The molecule has 7 nitrogen and oxygen atoms in total. The number of hydrogen-bond acceptors (Lipinski definition) is 4. The molecular weight excluding hydrogens is 258 g/mol. The van der Waals surface area contributed by atoms with Crippen molar-refractivity contribution in [2.45, 2.75) is 4.90 Å². The van der Waals surface area contributed by atoms with Crippen molar-refractivity contribution < 1.29 is 18.3 Å². The van der Waals surface area contributed by atoms with Crippen LogP contribution < -0.4 is 4.72 Å². The van der Waals surface area contributed by atoms with Gasteiger partial charge in [-0.3, -0.25) is 9.71 Å². The number of carbonyl (C=O) groups is 1. The highest BCUT2D eigenvalue weighted by Crippen LogP contribution is 2.18. The minimum absolute atomic E-state index is 0.0164. The number of hydrogen-bond donors (Lipinski definition) is 3. The summed E-state index contributed by atoms with van der Waals surface area (Å²) in [5.74, 6) is -1.23. The first kappa shape index (κ1) is 12.1. The van der Waals surface area contributed by atoms with Crippen molar-refractivity contribution >= 4 is 21.7 Å². The molecule has 2 rings (SSSR count). The van der Waals surface area contributed by atoms with Gasteiger partial charge < -0.3 is 10.1 Å². The van der Waals surface area contributed by atoms with Crippen LogP contribution in [0.15, 0.2) is 41.8 Å². The summed E-state index contributed by atoms with van der Waals surface area (Å²) < 4.78 is 26.0. The number of sulfonamides is 1. The number of nitrogens with one attached hydrogen (secondary N) is 2. The van der Waals surface area contributed by atoms with Crippen molar-refractivity contribution in [3.8, 4) is 0 Å². The molecule has 0 unspecified atom stereocenters. The average Bonchev–Trinajstić information content (AvgIpc) is 2.83. The maximum Gasteiger partial charge on any atom is 0.337 e. The normalized spacial score (nSPS) is 11.1. The summed E-state index contributed by atoms with van der Waals surface area (Å²) >= 11 is 0. The molecular formula is C10H9N3O4S. The van der Waals surface area contributed by atoms with Crippen molar-refractivity contribution in [2.75, 3.05) is 4.72 Å². The van der Waals surface area contributed by atoms with Gasteiger partial charge in [-0.2, -0.15) is 0 Å². The van der Waals surface area contributed by atoms with Crippen LogP contribution in [0.1, 0.15) is 10.4 Å². The van der Waals surface area contributed by atoms with Gasteiger partial charge in [-0.05, 0) is 12.1 Å². The molecule has 0 saturated carbocycles. The molecule has 94 valence electrons. The molecule has 18 heavy (non-hydrogen) atoms. The summed E-state index contributed by atoms with van der Waals surface area (Å²) in [7, 11) is -3.81. The van der Waals surface area contributed by atoms with Gasteiger partial charge in [0.2, 0.25) is 0 Å². The van der Waals surface area contributed by atoms with Crippen LogP contribution >= 0.6 is 0 Å². The highest BCUT2D eigenvalue weighted by atomic mass is 32.2. The highest BCUT2D eigenvalue weighted by Gasteiger charge is 2.18. The standard InChI is InChI=1S/C10H9N3O4S/c14-10(15)8-2-4-12-6-9(8)13-18(16,17)7-1-3-11-5-7/h1-6,11,13H,(H,14,15). The van der Waals surface area contributed by atoms with E-state index < -0.39 is 16.0 Å². The summed E-state index contributed by atoms with van der Waals surface area (Å²) in [6, 6.07) is 2.58. The quantitative estimate of drug-likeness (QED) is 0.762. The van der Waals surface area contributed by atoms with Crippen LogP contribution in [0.4, 0.5) is 5.69 Å². The molecule has 8 heteroatoms. The van der Waals surface area contributed by atoms with E-state index in [-0.39, 0.29) is 16.1 Å². The van der Waals surface area contributed by atoms with Gasteiger partial charge in [-0.15, -0.1) is 0 Å². The molecule has 2 heterocycles. The number of anilines is 1. The summed E-state index contributed by atoms with van der Waals surface area (Å²) in [6.07, 6.45) is 5.17. The first-order chi connectivity index (χ1) is 8.50. The molecule has 0 aliphatic carbocycles. The number of aromatic carboxylic acids is 1. The zero-order chi connectivity index (χ0) is 13.2. The van der Waals surface area contributed by atoms with Crippen LogP contribution in [0.5, 0.6) is 0 Å². The molecule has 0 aliphatic rings. The second kappa shape index (κ2) is 4.49. The molecule has 0 bridgehead atoms. The largest absolute Gasteiger partial charge is 0.478 e. The third-order valence-corrected chi connectivity index (χ3v) is 3.54. The number of pyridine rings is 1. The number of aromatic nitrogens is 2. The number of rotatable bonds is 4. The van der Waals surface area contributed by atoms with Crippen LogP contribution in [0.25, 0.3) is 0 Å². The van der Waals surface area contributed by atoms with Gasteiger partial charge in [0.15, 0.2) is 0 Å². The fraction of sp³-hybridized carbons (Fsp3) is 0. The summed E-state index contributed by atoms with van der Waals surface area (Å²) in [5.41, 5.74) is -0.240. The van der Waals surface area contributed by atoms with E-state index in [1.807, 2.05) is 0 Å². The van der Waals surface area contributed by atoms with E-state index in [2.05, 4.69) is 14.7 Å². The zero-order valence-corrected chi connectivity index (χ0v) is 9.81. The Labute approximate surface area is 103 Å². The Hall–Kier alpha value is -2.35. The van der Waals surface area contributed by atoms with Crippen molar-refractivity contribution in [1.82, 2.24) is 9.97 Å². The molecule has 0 atom stereocenters. The number of nitrogens with zero attached hydrogens (tertiary/aromatic N) is 1. The molecule has 0 aliphatic heterocycles. The lowest BCUT2D eigenvalue weighted by Crippen LogP contribution is -2.15. The number of carboxylic acid groups (broad SMARTS) is 1. The molecule has 0 spiro atoms. The lowest BCUT2D eigenvalue weighted by Gasteiger charge is -2.08. The maximum absolute atomic E-state index is 11.9. The molecule has 2 aromatic heterocycles. The van der Waals surface area contributed by atoms with Gasteiger partial charge in [-0.1, -0.05) is 0 Å². The summed E-state index contributed by atoms with van der Waals surface area (Å²) in [4.78, 5) is 17.2. The lowest BCUT2D eigenvalue weighted by atomic mass is 10.2. The average molecular weight is 267 g/mol. The van der Waals surface area contributed by atoms with Crippen LogP contribution in [-0.2, 0) is 10.0 Å². The number of aromatic amines is 1.